The van der Waals surface area contributed by atoms with Crippen molar-refractivity contribution in [3.63, 3.8) is 0 Å². The first-order valence-electron chi connectivity index (χ1n) is 9.62. The highest BCUT2D eigenvalue weighted by Crippen LogP contribution is 2.30. The highest BCUT2D eigenvalue weighted by molar-refractivity contribution is 7.89. The van der Waals surface area contributed by atoms with Crippen LogP contribution in [0.3, 0.4) is 0 Å². The van der Waals surface area contributed by atoms with Crippen molar-refractivity contribution in [1.29, 1.82) is 0 Å². The Labute approximate surface area is 189 Å². The van der Waals surface area contributed by atoms with Gasteiger partial charge in [-0.15, -0.1) is 0 Å². The van der Waals surface area contributed by atoms with E-state index in [1.807, 2.05) is 0 Å². The Morgan fingerprint density at radius 3 is 2.36 bits per heavy atom. The molecule has 0 spiro atoms. The Bertz CT molecular complexity index is 1190. The first-order chi connectivity index (χ1) is 15.7. The Morgan fingerprint density at radius 1 is 1.09 bits per heavy atom. The molecule has 13 heteroatoms. The lowest BCUT2D eigenvalue weighted by Crippen LogP contribution is -2.40. The Kier molecular flexibility index (Phi) is 7.26. The van der Waals surface area contributed by atoms with Crippen LogP contribution in [-0.2, 0) is 19.5 Å². The highest BCUT2D eigenvalue weighted by Gasteiger charge is 2.27. The van der Waals surface area contributed by atoms with Crippen LogP contribution >= 0.6 is 0 Å². The van der Waals surface area contributed by atoms with E-state index in [0.717, 1.165) is 25.3 Å². The average molecular weight is 479 g/mol. The smallest absolute Gasteiger partial charge is 0.338 e. The van der Waals surface area contributed by atoms with E-state index in [4.69, 9.17) is 9.47 Å². The molecule has 2 aromatic carbocycles. The maximum Gasteiger partial charge on any atom is 0.338 e. The van der Waals surface area contributed by atoms with Gasteiger partial charge in [0.15, 0.2) is 0 Å². The molecule has 1 heterocycles. The van der Waals surface area contributed by atoms with Crippen molar-refractivity contribution in [3.8, 4) is 5.75 Å². The first kappa shape index (κ1) is 24.1. The van der Waals surface area contributed by atoms with Gasteiger partial charge in [-0.05, 0) is 24.3 Å². The van der Waals surface area contributed by atoms with Gasteiger partial charge in [0.1, 0.15) is 5.75 Å². The number of hydrogen-bond donors (Lipinski definition) is 1. The van der Waals surface area contributed by atoms with E-state index in [1.54, 1.807) is 0 Å². The van der Waals surface area contributed by atoms with Crippen LogP contribution in [0, 0.1) is 10.1 Å². The number of nitrogens with zero attached hydrogens (tertiary/aromatic N) is 2. The van der Waals surface area contributed by atoms with Gasteiger partial charge in [-0.2, -0.15) is 4.31 Å². The summed E-state index contributed by atoms with van der Waals surface area (Å²) in [7, 11) is -1.41. The normalized spacial score (nSPS) is 14.4. The monoisotopic (exact) mass is 479 g/mol. The summed E-state index contributed by atoms with van der Waals surface area (Å²) in [6, 6.07) is 7.08. The molecule has 1 amide bonds. The number of carbonyl (C=O) groups is 2. The number of methoxy groups -OCH3 is 2. The molecule has 12 nitrogen and oxygen atoms in total. The van der Waals surface area contributed by atoms with Crippen LogP contribution in [0.25, 0.3) is 0 Å². The van der Waals surface area contributed by atoms with Crippen LogP contribution in [-0.4, -0.2) is 70.0 Å². The van der Waals surface area contributed by atoms with Crippen molar-refractivity contribution in [1.82, 2.24) is 4.31 Å². The molecule has 0 aromatic heterocycles. The van der Waals surface area contributed by atoms with Crippen LogP contribution in [0.15, 0.2) is 41.3 Å². The van der Waals surface area contributed by atoms with Crippen LogP contribution in [0.4, 0.5) is 11.4 Å². The van der Waals surface area contributed by atoms with Gasteiger partial charge in [0.05, 0.1) is 48.5 Å². The summed E-state index contributed by atoms with van der Waals surface area (Å²) < 4.78 is 42.2. The number of non-ortho nitro benzene ring substituents is 1. The summed E-state index contributed by atoms with van der Waals surface area (Å²) in [5.74, 6) is -1.50. The fourth-order valence-corrected chi connectivity index (χ4v) is 4.59. The van der Waals surface area contributed by atoms with Crippen LogP contribution < -0.4 is 10.1 Å². The van der Waals surface area contributed by atoms with Gasteiger partial charge >= 0.3 is 5.97 Å². The molecule has 176 valence electrons. The van der Waals surface area contributed by atoms with Crippen molar-refractivity contribution in [2.45, 2.75) is 4.90 Å². The summed E-state index contributed by atoms with van der Waals surface area (Å²) in [6.45, 7) is 0.933. The lowest BCUT2D eigenvalue weighted by molar-refractivity contribution is -0.384. The molecule has 0 atom stereocenters. The molecule has 0 saturated carbocycles. The van der Waals surface area contributed by atoms with Crippen LogP contribution in [0.5, 0.6) is 5.75 Å². The number of esters is 1. The predicted octanol–water partition coefficient (Wildman–Crippen LogP) is 1.66. The number of nitro groups is 1. The SMILES string of the molecule is COC(=O)c1cc(C(=O)Nc2cc(S(=O)(=O)N3CCOCC3)ccc2OC)cc([N+](=O)[O-])c1. The van der Waals surface area contributed by atoms with Crippen molar-refractivity contribution < 1.29 is 37.1 Å². The minimum Gasteiger partial charge on any atom is -0.495 e. The molecular weight excluding hydrogens is 458 g/mol. The summed E-state index contributed by atoms with van der Waals surface area (Å²) in [5, 5.41) is 13.7. The van der Waals surface area contributed by atoms with Gasteiger partial charge in [-0.1, -0.05) is 0 Å². The number of anilines is 1. The van der Waals surface area contributed by atoms with Crippen LogP contribution in [0.2, 0.25) is 0 Å². The van der Waals surface area contributed by atoms with Gasteiger partial charge in [-0.25, -0.2) is 13.2 Å². The molecule has 1 saturated heterocycles. The molecule has 1 fully saturated rings. The van der Waals surface area contributed by atoms with E-state index in [0.29, 0.717) is 0 Å². The van der Waals surface area contributed by atoms with E-state index in [9.17, 15) is 28.1 Å². The molecule has 1 N–H and O–H groups in total. The second-order valence-corrected chi connectivity index (χ2v) is 8.79. The van der Waals surface area contributed by atoms with Crippen LogP contribution in [0.1, 0.15) is 20.7 Å². The number of nitro benzene ring substituents is 1. The number of morpholine rings is 1. The Hall–Kier alpha value is -3.55. The van der Waals surface area contributed by atoms with E-state index < -0.39 is 32.5 Å². The summed E-state index contributed by atoms with van der Waals surface area (Å²) in [6.07, 6.45) is 0. The van der Waals surface area contributed by atoms with Gasteiger partial charge in [0, 0.05) is 30.8 Å². The van der Waals surface area contributed by atoms with Gasteiger partial charge in [-0.3, -0.25) is 14.9 Å². The Morgan fingerprint density at radius 2 is 1.76 bits per heavy atom. The number of carbonyl (C=O) groups excluding carboxylic acids is 2. The molecule has 1 aliphatic heterocycles. The number of amides is 1. The lowest BCUT2D eigenvalue weighted by atomic mass is 10.1. The van der Waals surface area contributed by atoms with Crippen molar-refractivity contribution >= 4 is 33.3 Å². The maximum atomic E-state index is 13.0. The zero-order chi connectivity index (χ0) is 24.2. The lowest BCUT2D eigenvalue weighted by Gasteiger charge is -2.26. The largest absolute Gasteiger partial charge is 0.495 e. The molecule has 0 radical (unpaired) electrons. The molecule has 1 aliphatic rings. The molecule has 2 aromatic rings. The van der Waals surface area contributed by atoms with Crippen molar-refractivity contribution in [3.05, 3.63) is 57.6 Å². The number of hydrogen-bond acceptors (Lipinski definition) is 9. The molecule has 0 bridgehead atoms. The number of sulfonamides is 1. The fraction of sp³-hybridized carbons (Fsp3) is 0.300. The van der Waals surface area contributed by atoms with Gasteiger partial charge in [0.2, 0.25) is 10.0 Å². The molecule has 0 aliphatic carbocycles. The predicted molar refractivity (Wildman–Crippen MR) is 115 cm³/mol. The summed E-state index contributed by atoms with van der Waals surface area (Å²) in [5.41, 5.74) is -0.845. The van der Waals surface area contributed by atoms with Gasteiger partial charge < -0.3 is 19.5 Å². The van der Waals surface area contributed by atoms with E-state index in [2.05, 4.69) is 10.1 Å². The molecular formula is C20H21N3O9S. The average Bonchev–Trinajstić information content (AvgIpc) is 2.83. The zero-order valence-electron chi connectivity index (χ0n) is 17.8. The maximum absolute atomic E-state index is 13.0. The minimum absolute atomic E-state index is 0.0305. The number of nitrogens with one attached hydrogen (secondary N) is 1. The third-order valence-corrected chi connectivity index (χ3v) is 6.73. The quantitative estimate of drug-likeness (QED) is 0.355. The summed E-state index contributed by atoms with van der Waals surface area (Å²) in [4.78, 5) is 35.1. The molecule has 3 rings (SSSR count). The number of ether oxygens (including phenoxy) is 3. The van der Waals surface area contributed by atoms with Gasteiger partial charge in [0.25, 0.3) is 11.6 Å². The van der Waals surface area contributed by atoms with E-state index in [-0.39, 0.29) is 53.8 Å². The zero-order valence-corrected chi connectivity index (χ0v) is 18.6. The topological polar surface area (TPSA) is 154 Å². The van der Waals surface area contributed by atoms with Crippen molar-refractivity contribution in [2.75, 3.05) is 45.8 Å². The number of rotatable bonds is 7. The standard InChI is InChI=1S/C20H21N3O9S/c1-30-18-4-3-16(33(28,29)22-5-7-32-8-6-22)12-17(18)21-19(24)13-9-14(20(25)31-2)11-15(10-13)23(26)27/h3-4,9-12H,5-8H2,1-2H3,(H,21,24). The second kappa shape index (κ2) is 9.94. The first-order valence-corrected chi connectivity index (χ1v) is 11.1. The molecule has 0 unspecified atom stereocenters. The second-order valence-electron chi connectivity index (χ2n) is 6.85. The highest BCUT2D eigenvalue weighted by atomic mass is 32.2. The third kappa shape index (κ3) is 5.27. The molecule has 33 heavy (non-hydrogen) atoms. The van der Waals surface area contributed by atoms with Crippen molar-refractivity contribution in [2.24, 2.45) is 0 Å². The van der Waals surface area contributed by atoms with E-state index >= 15 is 0 Å². The minimum atomic E-state index is -3.85. The fourth-order valence-electron chi connectivity index (χ4n) is 3.16. The van der Waals surface area contributed by atoms with E-state index in [1.165, 1.54) is 29.6 Å². The third-order valence-electron chi connectivity index (χ3n) is 4.84. The number of benzene rings is 2. The summed E-state index contributed by atoms with van der Waals surface area (Å²) >= 11 is 0. The Balaban J connectivity index is 1.96.